The van der Waals surface area contributed by atoms with Crippen molar-refractivity contribution in [1.29, 1.82) is 0 Å². The number of hydrogen-bond acceptors (Lipinski definition) is 5. The molecular formula is C28H33N3O3S. The van der Waals surface area contributed by atoms with Gasteiger partial charge < -0.3 is 9.64 Å². The summed E-state index contributed by atoms with van der Waals surface area (Å²) in [6, 6.07) is 11.7. The number of benzene rings is 2. The van der Waals surface area contributed by atoms with Crippen LogP contribution in [-0.4, -0.2) is 35.6 Å². The van der Waals surface area contributed by atoms with Crippen molar-refractivity contribution in [2.75, 3.05) is 16.9 Å². The van der Waals surface area contributed by atoms with Crippen LogP contribution in [0.4, 0.5) is 11.4 Å². The fraction of sp³-hybridized carbons (Fsp3) is 0.393. The summed E-state index contributed by atoms with van der Waals surface area (Å²) in [5.74, 6) is 0.0901. The minimum Gasteiger partial charge on any atom is -0.497 e. The zero-order valence-corrected chi connectivity index (χ0v) is 22.2. The summed E-state index contributed by atoms with van der Waals surface area (Å²) in [4.78, 5) is 30.1. The molecule has 2 heterocycles. The van der Waals surface area contributed by atoms with Crippen LogP contribution in [0.3, 0.4) is 0 Å². The minimum absolute atomic E-state index is 0.0424. The van der Waals surface area contributed by atoms with Crippen LogP contribution in [0, 0.1) is 6.92 Å². The van der Waals surface area contributed by atoms with Crippen LogP contribution in [0.1, 0.15) is 63.6 Å². The van der Waals surface area contributed by atoms with Gasteiger partial charge in [0.2, 0.25) is 0 Å². The number of amides is 2. The molecule has 0 aromatic heterocycles. The fourth-order valence-corrected chi connectivity index (χ4v) is 5.81. The lowest BCUT2D eigenvalue weighted by Gasteiger charge is -2.50. The number of nitrogens with one attached hydrogen (secondary N) is 1. The van der Waals surface area contributed by atoms with E-state index in [2.05, 4.69) is 57.0 Å². The number of thiocarbonyl (C=S) groups is 1. The number of ether oxygens (including phenoxy) is 1. The van der Waals surface area contributed by atoms with E-state index in [1.54, 1.807) is 37.5 Å². The number of fused-ring (bicyclic) bond motifs is 1. The first-order chi connectivity index (χ1) is 16.4. The molecule has 2 aliphatic rings. The lowest BCUT2D eigenvalue weighted by Crippen LogP contribution is -2.54. The van der Waals surface area contributed by atoms with Crippen LogP contribution >= 0.6 is 12.2 Å². The van der Waals surface area contributed by atoms with Gasteiger partial charge in [-0.3, -0.25) is 19.8 Å². The van der Waals surface area contributed by atoms with Gasteiger partial charge in [0, 0.05) is 17.3 Å². The molecule has 1 fully saturated rings. The number of carbonyl (C=O) groups excluding carboxylic acids is 2. The topological polar surface area (TPSA) is 61.9 Å². The maximum absolute atomic E-state index is 13.5. The number of carbonyl (C=O) groups is 2. The smallest absolute Gasteiger partial charge is 0.270 e. The average molecular weight is 492 g/mol. The number of anilines is 2. The molecule has 0 spiro atoms. The number of hydrogen-bond donors (Lipinski definition) is 1. The van der Waals surface area contributed by atoms with Gasteiger partial charge in [0.15, 0.2) is 5.11 Å². The molecule has 35 heavy (non-hydrogen) atoms. The summed E-state index contributed by atoms with van der Waals surface area (Å²) in [6.45, 7) is 13.3. The maximum atomic E-state index is 13.5. The standard InChI is InChI=1S/C28H33N3O3S/c1-16(2)31-24-12-17(3)19(13-22(24)18(4)15-28(31,5)6)14-23-25(32)29-27(35)30(26(23)33)20-8-10-21(34-7)11-9-20/h8-14,16,18H,15H2,1-7H3,(H,29,32,35)/b23-14+/t18-/m0/s1. The number of nitrogens with zero attached hydrogens (tertiary/aromatic N) is 2. The molecule has 0 bridgehead atoms. The Morgan fingerprint density at radius 1 is 1.17 bits per heavy atom. The van der Waals surface area contributed by atoms with E-state index in [1.165, 1.54) is 16.2 Å². The maximum Gasteiger partial charge on any atom is 0.270 e. The van der Waals surface area contributed by atoms with Crippen molar-refractivity contribution in [3.8, 4) is 5.75 Å². The minimum atomic E-state index is -0.486. The Labute approximate surface area is 212 Å². The normalized spacial score (nSPS) is 20.9. The molecule has 2 aliphatic heterocycles. The average Bonchev–Trinajstić information content (AvgIpc) is 2.76. The summed E-state index contributed by atoms with van der Waals surface area (Å²) in [7, 11) is 1.58. The van der Waals surface area contributed by atoms with Crippen LogP contribution in [0.2, 0.25) is 0 Å². The number of rotatable bonds is 4. The first kappa shape index (κ1) is 24.9. The Morgan fingerprint density at radius 3 is 2.43 bits per heavy atom. The van der Waals surface area contributed by atoms with E-state index in [-0.39, 0.29) is 16.2 Å². The molecule has 0 aliphatic carbocycles. The molecule has 0 radical (unpaired) electrons. The Hall–Kier alpha value is -3.19. The summed E-state index contributed by atoms with van der Waals surface area (Å²) in [5, 5.41) is 2.73. The second-order valence-corrected chi connectivity index (χ2v) is 10.7. The zero-order valence-electron chi connectivity index (χ0n) is 21.4. The van der Waals surface area contributed by atoms with Gasteiger partial charge >= 0.3 is 0 Å². The molecular weight excluding hydrogens is 458 g/mol. The van der Waals surface area contributed by atoms with Crippen LogP contribution in [0.15, 0.2) is 42.0 Å². The molecule has 0 unspecified atom stereocenters. The predicted molar refractivity (Wildman–Crippen MR) is 145 cm³/mol. The summed E-state index contributed by atoms with van der Waals surface area (Å²) in [5.41, 5.74) is 5.00. The van der Waals surface area contributed by atoms with Gasteiger partial charge in [-0.15, -0.1) is 0 Å². The van der Waals surface area contributed by atoms with E-state index in [1.807, 2.05) is 6.92 Å². The molecule has 1 N–H and O–H groups in total. The zero-order chi connectivity index (χ0) is 25.7. The highest BCUT2D eigenvalue weighted by Gasteiger charge is 2.38. The van der Waals surface area contributed by atoms with Crippen molar-refractivity contribution in [2.24, 2.45) is 0 Å². The van der Waals surface area contributed by atoms with Gasteiger partial charge in [0.05, 0.1) is 12.8 Å². The lowest BCUT2D eigenvalue weighted by molar-refractivity contribution is -0.122. The molecule has 184 valence electrons. The quantitative estimate of drug-likeness (QED) is 0.356. The molecule has 0 saturated carbocycles. The van der Waals surface area contributed by atoms with Gasteiger partial charge in [-0.1, -0.05) is 6.92 Å². The fourth-order valence-electron chi connectivity index (χ4n) is 5.53. The first-order valence-electron chi connectivity index (χ1n) is 11.9. The second kappa shape index (κ2) is 9.11. The van der Waals surface area contributed by atoms with Gasteiger partial charge in [0.25, 0.3) is 11.8 Å². The van der Waals surface area contributed by atoms with E-state index in [0.717, 1.165) is 17.5 Å². The Bertz CT molecular complexity index is 1230. The largest absolute Gasteiger partial charge is 0.497 e. The third-order valence-electron chi connectivity index (χ3n) is 6.91. The van der Waals surface area contributed by atoms with Gasteiger partial charge in [-0.2, -0.15) is 0 Å². The number of methoxy groups -OCH3 is 1. The van der Waals surface area contributed by atoms with Crippen LogP contribution in [-0.2, 0) is 9.59 Å². The summed E-state index contributed by atoms with van der Waals surface area (Å²) < 4.78 is 5.21. The number of aryl methyl sites for hydroxylation is 1. The molecule has 2 amide bonds. The van der Waals surface area contributed by atoms with Gasteiger partial charge in [0.1, 0.15) is 11.3 Å². The summed E-state index contributed by atoms with van der Waals surface area (Å²) in [6.07, 6.45) is 2.72. The second-order valence-electron chi connectivity index (χ2n) is 10.3. The van der Waals surface area contributed by atoms with Crippen molar-refractivity contribution in [1.82, 2.24) is 5.32 Å². The lowest BCUT2D eigenvalue weighted by atomic mass is 9.78. The van der Waals surface area contributed by atoms with E-state index in [9.17, 15) is 9.59 Å². The van der Waals surface area contributed by atoms with E-state index < -0.39 is 11.8 Å². The first-order valence-corrected chi connectivity index (χ1v) is 12.3. The highest BCUT2D eigenvalue weighted by molar-refractivity contribution is 7.80. The molecule has 7 heteroatoms. The molecule has 2 aromatic rings. The van der Waals surface area contributed by atoms with Crippen molar-refractivity contribution in [3.63, 3.8) is 0 Å². The predicted octanol–water partition coefficient (Wildman–Crippen LogP) is 5.34. The van der Waals surface area contributed by atoms with Crippen molar-refractivity contribution < 1.29 is 14.3 Å². The van der Waals surface area contributed by atoms with Crippen LogP contribution in [0.5, 0.6) is 5.75 Å². The van der Waals surface area contributed by atoms with Crippen LogP contribution in [0.25, 0.3) is 6.08 Å². The van der Waals surface area contributed by atoms with E-state index in [4.69, 9.17) is 17.0 Å². The Kier molecular flexibility index (Phi) is 6.49. The summed E-state index contributed by atoms with van der Waals surface area (Å²) >= 11 is 5.33. The van der Waals surface area contributed by atoms with Crippen molar-refractivity contribution in [3.05, 3.63) is 58.7 Å². The molecule has 1 saturated heterocycles. The molecule has 2 aromatic carbocycles. The monoisotopic (exact) mass is 491 g/mol. The Morgan fingerprint density at radius 2 is 1.83 bits per heavy atom. The highest BCUT2D eigenvalue weighted by atomic mass is 32.1. The van der Waals surface area contributed by atoms with Crippen LogP contribution < -0.4 is 19.9 Å². The van der Waals surface area contributed by atoms with Gasteiger partial charge in [-0.05, 0) is 118 Å². The van der Waals surface area contributed by atoms with Crippen molar-refractivity contribution >= 4 is 46.6 Å². The van der Waals surface area contributed by atoms with Crippen molar-refractivity contribution in [2.45, 2.75) is 65.5 Å². The van der Waals surface area contributed by atoms with Gasteiger partial charge in [-0.25, -0.2) is 0 Å². The van der Waals surface area contributed by atoms with E-state index in [0.29, 0.717) is 23.4 Å². The highest BCUT2D eigenvalue weighted by Crippen LogP contribution is 2.45. The molecule has 1 atom stereocenters. The van der Waals surface area contributed by atoms with E-state index >= 15 is 0 Å². The molecule has 4 rings (SSSR count). The third-order valence-corrected chi connectivity index (χ3v) is 7.20. The third kappa shape index (κ3) is 4.45. The SMILES string of the molecule is COc1ccc(N2C(=O)/C(=C/c3cc4c(cc3C)N(C(C)C)C(C)(C)C[C@@H]4C)C(=O)NC2=S)cc1. The Balaban J connectivity index is 1.77. The molecule has 6 nitrogen and oxygen atoms in total.